The molecule has 2 rings (SSSR count). The van der Waals surface area contributed by atoms with E-state index in [1.165, 1.54) is 6.07 Å². The predicted octanol–water partition coefficient (Wildman–Crippen LogP) is 1.39. The average molecular weight is 223 g/mol. The minimum Gasteiger partial charge on any atom is -0.475 e. The lowest BCUT2D eigenvalue weighted by Crippen LogP contribution is -2.22. The molecule has 2 N–H and O–H groups in total. The van der Waals surface area contributed by atoms with Gasteiger partial charge in [0.05, 0.1) is 6.54 Å². The molecule has 0 spiro atoms. The maximum Gasteiger partial charge on any atom is 0.371 e. The van der Waals surface area contributed by atoms with Gasteiger partial charge in [-0.2, -0.15) is 0 Å². The average Bonchev–Trinajstić information content (AvgIpc) is 2.91. The van der Waals surface area contributed by atoms with Crippen LogP contribution in [0.4, 0.5) is 0 Å². The molecule has 1 aromatic rings. The Labute approximate surface area is 92.4 Å². The van der Waals surface area contributed by atoms with Crippen LogP contribution in [0, 0.1) is 5.92 Å². The van der Waals surface area contributed by atoms with Crippen LogP contribution in [-0.2, 0) is 11.3 Å². The molecule has 0 unspecified atom stereocenters. The zero-order chi connectivity index (χ0) is 11.5. The van der Waals surface area contributed by atoms with Crippen molar-refractivity contribution in [2.75, 3.05) is 0 Å². The summed E-state index contributed by atoms with van der Waals surface area (Å²) in [5.41, 5.74) is 0. The highest BCUT2D eigenvalue weighted by Crippen LogP contribution is 2.32. The van der Waals surface area contributed by atoms with Crippen molar-refractivity contribution >= 4 is 11.9 Å². The summed E-state index contributed by atoms with van der Waals surface area (Å²) in [5, 5.41) is 11.3. The zero-order valence-electron chi connectivity index (χ0n) is 8.73. The number of rotatable bonds is 5. The number of carbonyl (C=O) groups excluding carboxylic acids is 1. The summed E-state index contributed by atoms with van der Waals surface area (Å²) in [6, 6.07) is 2.94. The molecule has 16 heavy (non-hydrogen) atoms. The molecule has 5 nitrogen and oxygen atoms in total. The smallest absolute Gasteiger partial charge is 0.371 e. The summed E-state index contributed by atoms with van der Waals surface area (Å²) in [6.07, 6.45) is 2.83. The SMILES string of the molecule is O=C(CC1CC1)NCc1ccc(C(=O)O)o1. The predicted molar refractivity (Wildman–Crippen MR) is 54.9 cm³/mol. The molecule has 0 bridgehead atoms. The topological polar surface area (TPSA) is 79.5 Å². The second-order valence-electron chi connectivity index (χ2n) is 4.00. The highest BCUT2D eigenvalue weighted by Gasteiger charge is 2.24. The van der Waals surface area contributed by atoms with Gasteiger partial charge in [0.25, 0.3) is 0 Å². The third-order valence-corrected chi connectivity index (χ3v) is 2.50. The first-order valence-corrected chi connectivity index (χ1v) is 5.24. The number of aromatic carboxylic acids is 1. The minimum absolute atomic E-state index is 0.00391. The van der Waals surface area contributed by atoms with Crippen molar-refractivity contribution in [1.82, 2.24) is 5.32 Å². The molecule has 0 radical (unpaired) electrons. The van der Waals surface area contributed by atoms with Crippen LogP contribution in [0.3, 0.4) is 0 Å². The Hall–Kier alpha value is -1.78. The summed E-state index contributed by atoms with van der Waals surface area (Å²) >= 11 is 0. The van der Waals surface area contributed by atoms with E-state index in [0.717, 1.165) is 12.8 Å². The minimum atomic E-state index is -1.10. The van der Waals surface area contributed by atoms with E-state index in [4.69, 9.17) is 9.52 Å². The standard InChI is InChI=1S/C11H13NO4/c13-10(5-7-1-2-7)12-6-8-3-4-9(16-8)11(14)15/h3-4,7H,1-2,5-6H2,(H,12,13)(H,14,15). The summed E-state index contributed by atoms with van der Waals surface area (Å²) in [6.45, 7) is 0.249. The third-order valence-electron chi connectivity index (χ3n) is 2.50. The lowest BCUT2D eigenvalue weighted by molar-refractivity contribution is -0.121. The van der Waals surface area contributed by atoms with E-state index in [9.17, 15) is 9.59 Å². The highest BCUT2D eigenvalue weighted by atomic mass is 16.4. The van der Waals surface area contributed by atoms with Gasteiger partial charge in [-0.15, -0.1) is 0 Å². The first kappa shape index (κ1) is 10.7. The van der Waals surface area contributed by atoms with Crippen molar-refractivity contribution in [3.8, 4) is 0 Å². The van der Waals surface area contributed by atoms with Crippen molar-refractivity contribution in [2.45, 2.75) is 25.8 Å². The lowest BCUT2D eigenvalue weighted by Gasteiger charge is -2.01. The van der Waals surface area contributed by atoms with E-state index < -0.39 is 5.97 Å². The first-order chi connectivity index (χ1) is 7.65. The molecule has 0 aliphatic heterocycles. The van der Waals surface area contributed by atoms with E-state index in [0.29, 0.717) is 18.1 Å². The second kappa shape index (κ2) is 4.38. The molecule has 0 atom stereocenters. The number of hydrogen-bond donors (Lipinski definition) is 2. The van der Waals surface area contributed by atoms with Crippen molar-refractivity contribution in [2.24, 2.45) is 5.92 Å². The van der Waals surface area contributed by atoms with E-state index in [1.807, 2.05) is 0 Å². The van der Waals surface area contributed by atoms with Crippen molar-refractivity contribution < 1.29 is 19.1 Å². The Bertz CT molecular complexity index is 406. The molecule has 0 saturated heterocycles. The van der Waals surface area contributed by atoms with Gasteiger partial charge in [-0.3, -0.25) is 4.79 Å². The summed E-state index contributed by atoms with van der Waals surface area (Å²) in [5.74, 6) is -0.203. The largest absolute Gasteiger partial charge is 0.475 e. The summed E-state index contributed by atoms with van der Waals surface area (Å²) in [7, 11) is 0. The Morgan fingerprint density at radius 1 is 1.44 bits per heavy atom. The van der Waals surface area contributed by atoms with Gasteiger partial charge in [-0.25, -0.2) is 4.79 Å². The van der Waals surface area contributed by atoms with E-state index in [1.54, 1.807) is 6.07 Å². The molecular weight excluding hydrogens is 210 g/mol. The van der Waals surface area contributed by atoms with Gasteiger partial charge in [0.15, 0.2) is 0 Å². The second-order valence-corrected chi connectivity index (χ2v) is 4.00. The third kappa shape index (κ3) is 2.85. The van der Waals surface area contributed by atoms with Crippen LogP contribution in [0.2, 0.25) is 0 Å². The summed E-state index contributed by atoms with van der Waals surface area (Å²) < 4.78 is 5.00. The monoisotopic (exact) mass is 223 g/mol. The van der Waals surface area contributed by atoms with Crippen LogP contribution in [0.15, 0.2) is 16.5 Å². The van der Waals surface area contributed by atoms with Crippen LogP contribution in [-0.4, -0.2) is 17.0 Å². The molecule has 1 aliphatic carbocycles. The van der Waals surface area contributed by atoms with Crippen molar-refractivity contribution in [3.63, 3.8) is 0 Å². The van der Waals surface area contributed by atoms with Crippen LogP contribution in [0.1, 0.15) is 35.6 Å². The molecule has 1 heterocycles. The molecule has 1 aromatic heterocycles. The fourth-order valence-corrected chi connectivity index (χ4v) is 1.43. The number of carboxylic acids is 1. The number of furan rings is 1. The quantitative estimate of drug-likeness (QED) is 0.790. The molecule has 1 fully saturated rings. The Morgan fingerprint density at radius 2 is 2.19 bits per heavy atom. The van der Waals surface area contributed by atoms with Gasteiger partial charge in [0.2, 0.25) is 11.7 Å². The van der Waals surface area contributed by atoms with Gasteiger partial charge in [0.1, 0.15) is 5.76 Å². The first-order valence-electron chi connectivity index (χ1n) is 5.24. The van der Waals surface area contributed by atoms with E-state index >= 15 is 0 Å². The highest BCUT2D eigenvalue weighted by molar-refractivity contribution is 5.84. The number of amides is 1. The Morgan fingerprint density at radius 3 is 2.75 bits per heavy atom. The van der Waals surface area contributed by atoms with Gasteiger partial charge in [-0.1, -0.05) is 0 Å². The maximum atomic E-state index is 11.3. The van der Waals surface area contributed by atoms with Crippen molar-refractivity contribution in [3.05, 3.63) is 23.7 Å². The fraction of sp³-hybridized carbons (Fsp3) is 0.455. The molecular formula is C11H13NO4. The van der Waals surface area contributed by atoms with Crippen LogP contribution in [0.5, 0.6) is 0 Å². The molecule has 1 amide bonds. The number of nitrogens with one attached hydrogen (secondary N) is 1. The van der Waals surface area contributed by atoms with Gasteiger partial charge in [0, 0.05) is 6.42 Å². The van der Waals surface area contributed by atoms with Gasteiger partial charge in [-0.05, 0) is 30.9 Å². The lowest BCUT2D eigenvalue weighted by atomic mass is 10.3. The van der Waals surface area contributed by atoms with Gasteiger partial charge >= 0.3 is 5.97 Å². The molecule has 0 aromatic carbocycles. The normalized spacial score (nSPS) is 14.8. The van der Waals surface area contributed by atoms with E-state index in [2.05, 4.69) is 5.32 Å². The van der Waals surface area contributed by atoms with Crippen molar-refractivity contribution in [1.29, 1.82) is 0 Å². The number of carboxylic acid groups (broad SMARTS) is 1. The van der Waals surface area contributed by atoms with Gasteiger partial charge < -0.3 is 14.8 Å². The van der Waals surface area contributed by atoms with Crippen LogP contribution in [0.25, 0.3) is 0 Å². The molecule has 86 valence electrons. The number of hydrogen-bond acceptors (Lipinski definition) is 3. The molecule has 5 heteroatoms. The fourth-order valence-electron chi connectivity index (χ4n) is 1.43. The summed E-state index contributed by atoms with van der Waals surface area (Å²) in [4.78, 5) is 21.9. The maximum absolute atomic E-state index is 11.3. The zero-order valence-corrected chi connectivity index (χ0v) is 8.73. The Balaban J connectivity index is 1.79. The molecule has 1 saturated carbocycles. The van der Waals surface area contributed by atoms with E-state index in [-0.39, 0.29) is 18.2 Å². The Kier molecular flexibility index (Phi) is 2.94. The van der Waals surface area contributed by atoms with Crippen LogP contribution >= 0.6 is 0 Å². The number of carbonyl (C=O) groups is 2. The van der Waals surface area contributed by atoms with Crippen LogP contribution < -0.4 is 5.32 Å². The molecule has 1 aliphatic rings.